The molecule has 0 saturated carbocycles. The number of sulfonamides is 1. The van der Waals surface area contributed by atoms with Gasteiger partial charge in [0.1, 0.15) is 0 Å². The van der Waals surface area contributed by atoms with Crippen LogP contribution in [0.2, 0.25) is 0 Å². The molecule has 0 amide bonds. The van der Waals surface area contributed by atoms with Crippen molar-refractivity contribution in [1.82, 2.24) is 9.71 Å². The van der Waals surface area contributed by atoms with Crippen molar-refractivity contribution < 1.29 is 8.42 Å². The molecule has 4 rings (SSSR count). The minimum atomic E-state index is -3.63. The van der Waals surface area contributed by atoms with Crippen molar-refractivity contribution in [2.24, 2.45) is 0 Å². The highest BCUT2D eigenvalue weighted by Crippen LogP contribution is 2.35. The molecule has 1 heterocycles. The lowest BCUT2D eigenvalue weighted by molar-refractivity contribution is 0.554. The zero-order valence-electron chi connectivity index (χ0n) is 15.6. The Balaban J connectivity index is 1.68. The predicted molar refractivity (Wildman–Crippen MR) is 110 cm³/mol. The van der Waals surface area contributed by atoms with E-state index in [1.165, 1.54) is 11.1 Å². The van der Waals surface area contributed by atoms with Gasteiger partial charge in [0, 0.05) is 17.0 Å². The molecule has 0 bridgehead atoms. The highest BCUT2D eigenvalue weighted by atomic mass is 32.2. The number of nitrogens with zero attached hydrogens (tertiary/aromatic N) is 1. The number of benzene rings is 2. The summed E-state index contributed by atoms with van der Waals surface area (Å²) in [5, 5.41) is 2.92. The van der Waals surface area contributed by atoms with Crippen LogP contribution in [0.4, 0.5) is 0 Å². The Kier molecular flexibility index (Phi) is 4.66. The van der Waals surface area contributed by atoms with Crippen molar-refractivity contribution in [1.29, 1.82) is 0 Å². The summed E-state index contributed by atoms with van der Waals surface area (Å²) in [4.78, 5) is 4.81. The Bertz CT molecular complexity index is 1120. The van der Waals surface area contributed by atoms with Gasteiger partial charge in [-0.3, -0.25) is 0 Å². The minimum absolute atomic E-state index is 0.172. The molecule has 1 N–H and O–H groups in total. The van der Waals surface area contributed by atoms with E-state index in [1.807, 2.05) is 43.5 Å². The van der Waals surface area contributed by atoms with Crippen molar-refractivity contribution in [2.45, 2.75) is 44.6 Å². The first kappa shape index (κ1) is 18.3. The van der Waals surface area contributed by atoms with Gasteiger partial charge < -0.3 is 0 Å². The fraction of sp³-hybridized carbons (Fsp3) is 0.286. The van der Waals surface area contributed by atoms with Crippen molar-refractivity contribution in [3.8, 4) is 11.3 Å². The number of rotatable bonds is 4. The molecule has 0 radical (unpaired) electrons. The quantitative estimate of drug-likeness (QED) is 0.693. The Hall–Kier alpha value is -2.02. The molecule has 6 heteroatoms. The summed E-state index contributed by atoms with van der Waals surface area (Å²) in [6.45, 7) is 5.86. The third-order valence-corrected chi connectivity index (χ3v) is 7.58. The number of aryl methyl sites for hydroxylation is 3. The first-order valence-corrected chi connectivity index (χ1v) is 11.4. The van der Waals surface area contributed by atoms with Crippen LogP contribution in [-0.2, 0) is 16.4 Å². The molecule has 140 valence electrons. The molecular formula is C21H22N2O2S2. The van der Waals surface area contributed by atoms with E-state index in [0.29, 0.717) is 4.90 Å². The Morgan fingerprint density at radius 3 is 2.67 bits per heavy atom. The van der Waals surface area contributed by atoms with Gasteiger partial charge in [-0.05, 0) is 61.9 Å². The molecule has 0 aliphatic heterocycles. The van der Waals surface area contributed by atoms with Gasteiger partial charge in [0.15, 0.2) is 0 Å². The van der Waals surface area contributed by atoms with Crippen LogP contribution in [0.5, 0.6) is 0 Å². The van der Waals surface area contributed by atoms with Gasteiger partial charge in [-0.2, -0.15) is 0 Å². The summed E-state index contributed by atoms with van der Waals surface area (Å²) in [6.07, 6.45) is 1.70. The van der Waals surface area contributed by atoms with Crippen LogP contribution >= 0.6 is 11.3 Å². The van der Waals surface area contributed by atoms with Crippen molar-refractivity contribution in [2.75, 3.05) is 0 Å². The topological polar surface area (TPSA) is 59.1 Å². The number of aromatic nitrogens is 1. The Labute approximate surface area is 164 Å². The second-order valence-corrected chi connectivity index (χ2v) is 9.83. The summed E-state index contributed by atoms with van der Waals surface area (Å²) >= 11 is 1.56. The van der Waals surface area contributed by atoms with Crippen LogP contribution in [0.15, 0.2) is 46.7 Å². The Morgan fingerprint density at radius 2 is 1.93 bits per heavy atom. The Morgan fingerprint density at radius 1 is 1.11 bits per heavy atom. The lowest BCUT2D eigenvalue weighted by Gasteiger charge is -2.16. The second-order valence-electron chi connectivity index (χ2n) is 7.09. The molecule has 1 aliphatic rings. The van der Waals surface area contributed by atoms with Gasteiger partial charge in [0.05, 0.1) is 15.6 Å². The lowest BCUT2D eigenvalue weighted by atomic mass is 10.0. The smallest absolute Gasteiger partial charge is 0.241 e. The van der Waals surface area contributed by atoms with E-state index < -0.39 is 10.0 Å². The molecule has 1 aliphatic carbocycles. The summed E-state index contributed by atoms with van der Waals surface area (Å²) in [5.74, 6) is 0. The maximum atomic E-state index is 13.2. The van der Waals surface area contributed by atoms with E-state index in [-0.39, 0.29) is 6.04 Å². The number of hydrogen-bond donors (Lipinski definition) is 1. The van der Waals surface area contributed by atoms with Crippen LogP contribution in [0.3, 0.4) is 0 Å². The highest BCUT2D eigenvalue weighted by Gasteiger charge is 2.29. The molecule has 1 unspecified atom stereocenters. The molecule has 0 saturated heterocycles. The van der Waals surface area contributed by atoms with Crippen LogP contribution in [-0.4, -0.2) is 13.4 Å². The van der Waals surface area contributed by atoms with Gasteiger partial charge >= 0.3 is 0 Å². The molecule has 1 aromatic heterocycles. The first-order chi connectivity index (χ1) is 12.8. The zero-order valence-corrected chi connectivity index (χ0v) is 17.2. The van der Waals surface area contributed by atoms with Gasteiger partial charge in [-0.25, -0.2) is 18.1 Å². The fourth-order valence-electron chi connectivity index (χ4n) is 3.76. The van der Waals surface area contributed by atoms with Crippen molar-refractivity contribution >= 4 is 21.4 Å². The normalized spacial score (nSPS) is 16.5. The van der Waals surface area contributed by atoms with E-state index in [2.05, 4.69) is 22.7 Å². The van der Waals surface area contributed by atoms with Gasteiger partial charge in [-0.1, -0.05) is 30.3 Å². The molecular weight excluding hydrogens is 376 g/mol. The average molecular weight is 399 g/mol. The van der Waals surface area contributed by atoms with E-state index in [9.17, 15) is 8.42 Å². The predicted octanol–water partition coefficient (Wildman–Crippen LogP) is 4.70. The number of hydrogen-bond acceptors (Lipinski definition) is 4. The fourth-order valence-corrected chi connectivity index (χ4v) is 5.90. The molecule has 4 nitrogen and oxygen atoms in total. The molecule has 27 heavy (non-hydrogen) atoms. The second kappa shape index (κ2) is 6.86. The third kappa shape index (κ3) is 3.45. The average Bonchev–Trinajstić information content (AvgIpc) is 3.23. The lowest BCUT2D eigenvalue weighted by Crippen LogP contribution is -2.28. The number of thiazole rings is 1. The number of nitrogens with one attached hydrogen (secondary N) is 1. The van der Waals surface area contributed by atoms with Crippen molar-refractivity contribution in [3.63, 3.8) is 0 Å². The standard InChI is InChI=1S/C21H22N2O2S2/c1-13-5-4-6-18-17(13)9-10-19(18)23-27(24,25)21-11-16(8-7-14(21)2)20-12-26-15(3)22-20/h4-8,11-12,19,23H,9-10H2,1-3H3. The van der Waals surface area contributed by atoms with E-state index >= 15 is 0 Å². The molecule has 3 aromatic rings. The van der Waals surface area contributed by atoms with Gasteiger partial charge in [0.25, 0.3) is 0 Å². The van der Waals surface area contributed by atoms with Crippen LogP contribution in [0.25, 0.3) is 11.3 Å². The monoisotopic (exact) mass is 398 g/mol. The summed E-state index contributed by atoms with van der Waals surface area (Å²) in [6, 6.07) is 11.5. The summed E-state index contributed by atoms with van der Waals surface area (Å²) < 4.78 is 29.3. The highest BCUT2D eigenvalue weighted by molar-refractivity contribution is 7.89. The third-order valence-electron chi connectivity index (χ3n) is 5.19. The van der Waals surface area contributed by atoms with Gasteiger partial charge in [-0.15, -0.1) is 11.3 Å². The van der Waals surface area contributed by atoms with Crippen LogP contribution in [0.1, 0.15) is 39.7 Å². The van der Waals surface area contributed by atoms with E-state index in [1.54, 1.807) is 17.4 Å². The SMILES string of the molecule is Cc1nc(-c2ccc(C)c(S(=O)(=O)NC3CCc4c(C)cccc43)c2)cs1. The minimum Gasteiger partial charge on any atom is -0.242 e. The summed E-state index contributed by atoms with van der Waals surface area (Å²) in [7, 11) is -3.63. The van der Waals surface area contributed by atoms with Crippen LogP contribution < -0.4 is 4.72 Å². The molecule has 2 aromatic carbocycles. The molecule has 1 atom stereocenters. The van der Waals surface area contributed by atoms with Crippen LogP contribution in [0, 0.1) is 20.8 Å². The van der Waals surface area contributed by atoms with Crippen molar-refractivity contribution in [3.05, 3.63) is 69.0 Å². The number of fused-ring (bicyclic) bond motifs is 1. The summed E-state index contributed by atoms with van der Waals surface area (Å²) in [5.41, 5.74) is 5.98. The van der Waals surface area contributed by atoms with Gasteiger partial charge in [0.2, 0.25) is 10.0 Å². The maximum absolute atomic E-state index is 13.2. The molecule has 0 spiro atoms. The van der Waals surface area contributed by atoms with E-state index in [0.717, 1.165) is 40.2 Å². The maximum Gasteiger partial charge on any atom is 0.241 e. The molecule has 0 fully saturated rings. The van der Waals surface area contributed by atoms with E-state index in [4.69, 9.17) is 0 Å². The first-order valence-electron chi connectivity index (χ1n) is 8.99. The largest absolute Gasteiger partial charge is 0.242 e. The zero-order chi connectivity index (χ0) is 19.2.